The summed E-state index contributed by atoms with van der Waals surface area (Å²) < 4.78 is 43.9. The molecular weight excluding hydrogens is 591 g/mol. The van der Waals surface area contributed by atoms with Crippen LogP contribution in [-0.4, -0.2) is 65.3 Å². The largest absolute Gasteiger partial charge is 0.490 e. The van der Waals surface area contributed by atoms with Gasteiger partial charge < -0.3 is 30.1 Å². The average molecular weight is 624 g/mol. The number of aliphatic hydroxyl groups is 1. The van der Waals surface area contributed by atoms with E-state index in [-0.39, 0.29) is 18.3 Å². The van der Waals surface area contributed by atoms with Gasteiger partial charge in [-0.3, -0.25) is 0 Å². The number of halogens is 3. The lowest BCUT2D eigenvalue weighted by atomic mass is 9.96. The summed E-state index contributed by atoms with van der Waals surface area (Å²) in [5, 5.41) is 30.0. The van der Waals surface area contributed by atoms with Crippen molar-refractivity contribution in [2.45, 2.75) is 31.2 Å². The highest BCUT2D eigenvalue weighted by Crippen LogP contribution is 2.32. The average Bonchev–Trinajstić information content (AvgIpc) is 3.04. The fraction of sp³-hybridized carbons (Fsp3) is 0.235. The van der Waals surface area contributed by atoms with Crippen LogP contribution in [0.25, 0.3) is 22.3 Å². The van der Waals surface area contributed by atoms with E-state index in [0.29, 0.717) is 13.1 Å². The first-order chi connectivity index (χ1) is 21.5. The predicted molar refractivity (Wildman–Crippen MR) is 162 cm³/mol. The maximum absolute atomic E-state index is 11.1. The van der Waals surface area contributed by atoms with Crippen LogP contribution in [0.2, 0.25) is 0 Å². The lowest BCUT2D eigenvalue weighted by Gasteiger charge is -2.27. The highest BCUT2D eigenvalue weighted by molar-refractivity contribution is 5.88. The topological polar surface area (TPSA) is 125 Å². The van der Waals surface area contributed by atoms with Gasteiger partial charge >= 0.3 is 18.1 Å². The number of hydrogen-bond acceptors (Lipinski definition) is 6. The van der Waals surface area contributed by atoms with Crippen molar-refractivity contribution >= 4 is 11.9 Å². The number of aromatic carboxylic acids is 1. The molecule has 45 heavy (non-hydrogen) atoms. The van der Waals surface area contributed by atoms with Gasteiger partial charge in [0.2, 0.25) is 0 Å². The molecule has 4 aromatic rings. The highest BCUT2D eigenvalue weighted by atomic mass is 19.4. The third-order valence-corrected chi connectivity index (χ3v) is 6.95. The van der Waals surface area contributed by atoms with Gasteiger partial charge in [-0.15, -0.1) is 0 Å². The number of alkyl halides is 3. The lowest BCUT2D eigenvalue weighted by molar-refractivity contribution is -0.192. The minimum absolute atomic E-state index is 0.0233. The number of ether oxygens (including phenoxy) is 2. The van der Waals surface area contributed by atoms with Crippen molar-refractivity contribution in [2.24, 2.45) is 0 Å². The van der Waals surface area contributed by atoms with Crippen LogP contribution < -0.4 is 14.8 Å². The lowest BCUT2D eigenvalue weighted by Crippen LogP contribution is -2.39. The van der Waals surface area contributed by atoms with Crippen molar-refractivity contribution in [3.8, 4) is 33.8 Å². The molecule has 0 saturated heterocycles. The molecule has 1 aliphatic rings. The van der Waals surface area contributed by atoms with Crippen molar-refractivity contribution in [1.82, 2.24) is 5.32 Å². The van der Waals surface area contributed by atoms with E-state index in [1.54, 1.807) is 12.1 Å². The molecule has 11 heteroatoms. The van der Waals surface area contributed by atoms with Crippen molar-refractivity contribution < 1.29 is 47.6 Å². The van der Waals surface area contributed by atoms with Crippen LogP contribution in [0.3, 0.4) is 0 Å². The Morgan fingerprint density at radius 2 is 1.53 bits per heavy atom. The van der Waals surface area contributed by atoms with E-state index < -0.39 is 24.2 Å². The van der Waals surface area contributed by atoms with Gasteiger partial charge in [-0.1, -0.05) is 66.7 Å². The Bertz CT molecular complexity index is 1580. The second-order valence-electron chi connectivity index (χ2n) is 10.3. The predicted octanol–water partition coefficient (Wildman–Crippen LogP) is 6.08. The van der Waals surface area contributed by atoms with Gasteiger partial charge in [-0.05, 0) is 65.4 Å². The van der Waals surface area contributed by atoms with E-state index in [4.69, 9.17) is 24.5 Å². The summed E-state index contributed by atoms with van der Waals surface area (Å²) in [7, 11) is 0. The molecule has 4 aromatic carbocycles. The third kappa shape index (κ3) is 9.56. The summed E-state index contributed by atoms with van der Waals surface area (Å²) in [6, 6.07) is 30.9. The summed E-state index contributed by atoms with van der Waals surface area (Å²) in [5.41, 5.74) is 5.52. The van der Waals surface area contributed by atoms with Crippen LogP contribution in [0.1, 0.15) is 22.3 Å². The number of carbonyl (C=O) groups is 2. The Kier molecular flexibility index (Phi) is 11.2. The minimum atomic E-state index is -5.08. The molecule has 0 aliphatic carbocycles. The second-order valence-corrected chi connectivity index (χ2v) is 10.3. The van der Waals surface area contributed by atoms with Gasteiger partial charge in [0.05, 0.1) is 5.56 Å². The van der Waals surface area contributed by atoms with Crippen LogP contribution in [0.15, 0.2) is 97.1 Å². The maximum atomic E-state index is 11.1. The van der Waals surface area contributed by atoms with Gasteiger partial charge in [0, 0.05) is 18.7 Å². The smallest absolute Gasteiger partial charge is 0.490 e. The molecule has 2 atom stereocenters. The minimum Gasteiger partial charge on any atom is -0.490 e. The zero-order valence-electron chi connectivity index (χ0n) is 24.0. The quantitative estimate of drug-likeness (QED) is 0.168. The Morgan fingerprint density at radius 1 is 0.889 bits per heavy atom. The normalized spacial score (nSPS) is 14.6. The molecule has 236 valence electrons. The number of para-hydroxylation sites is 1. The van der Waals surface area contributed by atoms with Crippen molar-refractivity contribution in [3.63, 3.8) is 0 Å². The molecule has 1 unspecified atom stereocenters. The number of fused-ring (bicyclic) bond motifs is 1. The molecule has 4 N–H and O–H groups in total. The maximum Gasteiger partial charge on any atom is 0.490 e. The molecule has 0 spiro atoms. The fourth-order valence-corrected chi connectivity index (χ4v) is 4.68. The van der Waals surface area contributed by atoms with Gasteiger partial charge in [0.15, 0.2) is 0 Å². The van der Waals surface area contributed by atoms with Crippen molar-refractivity contribution in [3.05, 3.63) is 108 Å². The van der Waals surface area contributed by atoms with Gasteiger partial charge in [-0.2, -0.15) is 13.2 Å². The molecular formula is C34H32F3NO7. The van der Waals surface area contributed by atoms with E-state index in [1.807, 2.05) is 78.9 Å². The second kappa shape index (κ2) is 15.2. The van der Waals surface area contributed by atoms with Crippen LogP contribution in [0, 0.1) is 0 Å². The summed E-state index contributed by atoms with van der Waals surface area (Å²) in [5.74, 6) is -2.06. The monoisotopic (exact) mass is 623 g/mol. The van der Waals surface area contributed by atoms with Crippen molar-refractivity contribution in [2.75, 3.05) is 19.7 Å². The molecule has 1 aliphatic heterocycles. The van der Waals surface area contributed by atoms with Gasteiger partial charge in [0.1, 0.15) is 30.3 Å². The number of carboxylic acids is 2. The molecule has 0 radical (unpaired) electrons. The zero-order valence-corrected chi connectivity index (χ0v) is 24.0. The van der Waals surface area contributed by atoms with E-state index >= 15 is 0 Å². The Labute approximate surface area is 257 Å². The fourth-order valence-electron chi connectivity index (χ4n) is 4.68. The first kappa shape index (κ1) is 33.0. The zero-order chi connectivity index (χ0) is 32.4. The molecule has 0 saturated carbocycles. The molecule has 0 aromatic heterocycles. The first-order valence-corrected chi connectivity index (χ1v) is 14.1. The Morgan fingerprint density at radius 3 is 2.20 bits per heavy atom. The van der Waals surface area contributed by atoms with Gasteiger partial charge in [-0.25, -0.2) is 9.59 Å². The Balaban J connectivity index is 0.000000591. The highest BCUT2D eigenvalue weighted by Gasteiger charge is 2.38. The number of benzene rings is 4. The van der Waals surface area contributed by atoms with Gasteiger partial charge in [0.25, 0.3) is 0 Å². The molecule has 0 bridgehead atoms. The number of rotatable bonds is 10. The molecule has 1 heterocycles. The van der Waals surface area contributed by atoms with E-state index in [9.17, 15) is 23.1 Å². The number of nitrogens with one attached hydrogen (secondary N) is 1. The van der Waals surface area contributed by atoms with Crippen LogP contribution in [0.4, 0.5) is 13.2 Å². The van der Waals surface area contributed by atoms with Crippen molar-refractivity contribution in [1.29, 1.82) is 0 Å². The van der Waals surface area contributed by atoms with E-state index in [0.717, 1.165) is 52.2 Å². The number of aliphatic carboxylic acids is 1. The first-order valence-electron chi connectivity index (χ1n) is 14.1. The Hall–Kier alpha value is -4.87. The summed E-state index contributed by atoms with van der Waals surface area (Å²) >= 11 is 0. The summed E-state index contributed by atoms with van der Waals surface area (Å²) in [6.07, 6.45) is -3.94. The number of aryl methyl sites for hydroxylation is 1. The van der Waals surface area contributed by atoms with E-state index in [2.05, 4.69) is 11.4 Å². The molecule has 0 fully saturated rings. The standard InChI is InChI=1S/C32H31NO5.C2HF3O2/c34-27(21-37-31-9-5-4-8-29(31)23-6-2-1-3-7-23)19-33-20-28-16-14-26-18-25(15-17-30(26)38-28)22-10-12-24(13-11-22)32(35)36;3-2(4,5)1(6)7/h1-13,15,17-18,27-28,33-34H,14,16,19-21H2,(H,35,36);(H,6,7)/t27?,28-;/m1./s1. The SMILES string of the molecule is O=C(O)C(F)(F)F.O=C(O)c1ccc(-c2ccc3c(c2)CC[C@H](CNCC(O)COc2ccccc2-c2ccccc2)O3)cc1. The van der Waals surface area contributed by atoms with Crippen LogP contribution in [-0.2, 0) is 11.2 Å². The molecule has 0 amide bonds. The molecule has 5 rings (SSSR count). The number of carboxylic acid groups (broad SMARTS) is 2. The molecule has 8 nitrogen and oxygen atoms in total. The number of aliphatic hydroxyl groups excluding tert-OH is 1. The third-order valence-electron chi connectivity index (χ3n) is 6.95. The van der Waals surface area contributed by atoms with E-state index in [1.165, 1.54) is 0 Å². The number of hydrogen-bond donors (Lipinski definition) is 4. The summed E-state index contributed by atoms with van der Waals surface area (Å²) in [4.78, 5) is 20.0. The van der Waals surface area contributed by atoms with Crippen LogP contribution >= 0.6 is 0 Å². The van der Waals surface area contributed by atoms with Crippen LogP contribution in [0.5, 0.6) is 11.5 Å². The summed E-state index contributed by atoms with van der Waals surface area (Å²) in [6.45, 7) is 1.24.